The lowest BCUT2D eigenvalue weighted by Gasteiger charge is -2.23. The molecule has 5 aromatic rings. The largest absolute Gasteiger partial charge is 0.317 e. The Kier molecular flexibility index (Phi) is 3.71. The van der Waals surface area contributed by atoms with E-state index < -0.39 is 0 Å². The van der Waals surface area contributed by atoms with Gasteiger partial charge >= 0.3 is 0 Å². The highest BCUT2D eigenvalue weighted by molar-refractivity contribution is 6.13. The van der Waals surface area contributed by atoms with Gasteiger partial charge in [-0.1, -0.05) is 72.9 Å². The monoisotopic (exact) mass is 410 g/mol. The average Bonchev–Trinajstić information content (AvgIpc) is 3.41. The Labute approximate surface area is 186 Å². The van der Waals surface area contributed by atoms with Gasteiger partial charge in [0, 0.05) is 45.6 Å². The number of para-hydroxylation sites is 2. The van der Waals surface area contributed by atoms with Crippen LogP contribution in [0.15, 0.2) is 122 Å². The molecule has 2 atom stereocenters. The number of hydrogen-bond acceptors (Lipinski definition) is 0. The lowest BCUT2D eigenvalue weighted by molar-refractivity contribution is 0.659. The molecule has 2 aromatic heterocycles. The SMILES string of the molecule is C1=CC2C=CC(n3ccc4cc5c(cc43)c3ccccc3n5-c3ccccc3)=CC2C=C1. The number of hydrogen-bond donors (Lipinski definition) is 0. The summed E-state index contributed by atoms with van der Waals surface area (Å²) in [5.74, 6) is 0.905. The van der Waals surface area contributed by atoms with Crippen LogP contribution in [-0.4, -0.2) is 9.13 Å². The molecule has 0 radical (unpaired) electrons. The second-order valence-electron chi connectivity index (χ2n) is 8.68. The highest BCUT2D eigenvalue weighted by Crippen LogP contribution is 2.37. The second kappa shape index (κ2) is 6.73. The predicted molar refractivity (Wildman–Crippen MR) is 135 cm³/mol. The topological polar surface area (TPSA) is 9.86 Å². The molecule has 2 aliphatic rings. The van der Waals surface area contributed by atoms with Crippen molar-refractivity contribution in [3.05, 3.63) is 122 Å². The van der Waals surface area contributed by atoms with E-state index in [1.54, 1.807) is 0 Å². The number of aromatic nitrogens is 2. The van der Waals surface area contributed by atoms with E-state index >= 15 is 0 Å². The molecule has 152 valence electrons. The maximum absolute atomic E-state index is 2.39. The molecule has 0 saturated carbocycles. The molecule has 7 rings (SSSR count). The van der Waals surface area contributed by atoms with E-state index in [0.717, 1.165) is 0 Å². The molecule has 0 bridgehead atoms. The van der Waals surface area contributed by atoms with E-state index in [-0.39, 0.29) is 0 Å². The number of fused-ring (bicyclic) bond motifs is 5. The van der Waals surface area contributed by atoms with Crippen molar-refractivity contribution in [2.24, 2.45) is 11.8 Å². The molecule has 0 fully saturated rings. The van der Waals surface area contributed by atoms with E-state index in [1.807, 2.05) is 0 Å². The van der Waals surface area contributed by atoms with E-state index in [9.17, 15) is 0 Å². The zero-order valence-electron chi connectivity index (χ0n) is 17.6. The van der Waals surface area contributed by atoms with Gasteiger partial charge in [-0.3, -0.25) is 0 Å². The van der Waals surface area contributed by atoms with Gasteiger partial charge in [0.15, 0.2) is 0 Å². The molecule has 0 spiro atoms. The van der Waals surface area contributed by atoms with Gasteiger partial charge in [0.05, 0.1) is 16.6 Å². The molecule has 0 saturated heterocycles. The van der Waals surface area contributed by atoms with Crippen molar-refractivity contribution in [2.45, 2.75) is 0 Å². The van der Waals surface area contributed by atoms with Gasteiger partial charge in [-0.15, -0.1) is 0 Å². The molecule has 2 unspecified atom stereocenters. The van der Waals surface area contributed by atoms with E-state index in [1.165, 1.54) is 44.1 Å². The fourth-order valence-electron chi connectivity index (χ4n) is 5.30. The van der Waals surface area contributed by atoms with Crippen molar-refractivity contribution in [1.82, 2.24) is 9.13 Å². The van der Waals surface area contributed by atoms with Gasteiger partial charge in [-0.25, -0.2) is 0 Å². The lowest BCUT2D eigenvalue weighted by Crippen LogP contribution is -2.12. The second-order valence-corrected chi connectivity index (χ2v) is 8.68. The molecule has 32 heavy (non-hydrogen) atoms. The summed E-state index contributed by atoms with van der Waals surface area (Å²) in [6, 6.07) is 26.3. The van der Waals surface area contributed by atoms with Crippen LogP contribution in [0.5, 0.6) is 0 Å². The fraction of sp³-hybridized carbons (Fsp3) is 0.0667. The first-order valence-electron chi connectivity index (χ1n) is 11.2. The van der Waals surface area contributed by atoms with Crippen LogP contribution < -0.4 is 0 Å². The molecule has 2 heteroatoms. The zero-order valence-corrected chi connectivity index (χ0v) is 17.6. The Hall–Kier alpha value is -4.04. The van der Waals surface area contributed by atoms with E-state index in [4.69, 9.17) is 0 Å². The van der Waals surface area contributed by atoms with Crippen LogP contribution in [0.4, 0.5) is 0 Å². The number of nitrogens with zero attached hydrogens (tertiary/aromatic N) is 2. The molecule has 0 N–H and O–H groups in total. The highest BCUT2D eigenvalue weighted by atomic mass is 15.0. The molecule has 2 heterocycles. The summed E-state index contributed by atoms with van der Waals surface area (Å²) < 4.78 is 4.72. The van der Waals surface area contributed by atoms with Crippen LogP contribution in [-0.2, 0) is 0 Å². The standard InChI is InChI=1S/C30H22N2/c1-2-10-24(11-3-1)32-28-13-7-6-12-26(28)27-20-29-23(19-30(27)32)16-17-31(29)25-15-14-21-8-4-5-9-22(21)18-25/h1-22H. The van der Waals surface area contributed by atoms with Crippen LogP contribution >= 0.6 is 0 Å². The predicted octanol–water partition coefficient (Wildman–Crippen LogP) is 7.51. The maximum atomic E-state index is 2.39. The number of benzene rings is 3. The van der Waals surface area contributed by atoms with Gasteiger partial charge in [-0.05, 0) is 42.5 Å². The van der Waals surface area contributed by atoms with Crippen LogP contribution in [0.1, 0.15) is 0 Å². The summed E-state index contributed by atoms with van der Waals surface area (Å²) in [5.41, 5.74) is 6.17. The first kappa shape index (κ1) is 17.6. The third kappa shape index (κ3) is 2.53. The lowest BCUT2D eigenvalue weighted by atomic mass is 9.84. The minimum Gasteiger partial charge on any atom is -0.317 e. The smallest absolute Gasteiger partial charge is 0.0548 e. The summed E-state index contributed by atoms with van der Waals surface area (Å²) >= 11 is 0. The normalized spacial score (nSPS) is 19.7. The van der Waals surface area contributed by atoms with Crippen LogP contribution in [0.25, 0.3) is 44.1 Å². The molecular formula is C30H22N2. The van der Waals surface area contributed by atoms with E-state index in [2.05, 4.69) is 131 Å². The van der Waals surface area contributed by atoms with Crippen molar-refractivity contribution in [3.8, 4) is 5.69 Å². The summed E-state index contributed by atoms with van der Waals surface area (Å²) in [6.07, 6.45) is 18.1. The molecule has 3 aromatic carbocycles. The van der Waals surface area contributed by atoms with Crippen LogP contribution in [0.2, 0.25) is 0 Å². The third-order valence-electron chi connectivity index (χ3n) is 6.85. The molecule has 0 amide bonds. The minimum atomic E-state index is 0.432. The molecule has 2 nitrogen and oxygen atoms in total. The maximum Gasteiger partial charge on any atom is 0.0548 e. The van der Waals surface area contributed by atoms with E-state index in [0.29, 0.717) is 11.8 Å². The van der Waals surface area contributed by atoms with Crippen molar-refractivity contribution in [2.75, 3.05) is 0 Å². The Bertz CT molecular complexity index is 1620. The Balaban J connectivity index is 1.48. The van der Waals surface area contributed by atoms with Crippen molar-refractivity contribution >= 4 is 38.4 Å². The third-order valence-corrected chi connectivity index (χ3v) is 6.85. The summed E-state index contributed by atoms with van der Waals surface area (Å²) in [6.45, 7) is 0. The first-order valence-corrected chi connectivity index (χ1v) is 11.2. The van der Waals surface area contributed by atoms with Gasteiger partial charge < -0.3 is 9.13 Å². The van der Waals surface area contributed by atoms with Gasteiger partial charge in [0.2, 0.25) is 0 Å². The summed E-state index contributed by atoms with van der Waals surface area (Å²) in [4.78, 5) is 0. The quantitative estimate of drug-likeness (QED) is 0.285. The fourth-order valence-corrected chi connectivity index (χ4v) is 5.30. The van der Waals surface area contributed by atoms with Crippen LogP contribution in [0.3, 0.4) is 0 Å². The minimum absolute atomic E-state index is 0.432. The molecule has 2 aliphatic carbocycles. The van der Waals surface area contributed by atoms with Gasteiger partial charge in [0.25, 0.3) is 0 Å². The van der Waals surface area contributed by atoms with Gasteiger partial charge in [-0.2, -0.15) is 0 Å². The average molecular weight is 411 g/mol. The highest BCUT2D eigenvalue weighted by Gasteiger charge is 2.20. The Morgan fingerprint density at radius 1 is 0.625 bits per heavy atom. The zero-order chi connectivity index (χ0) is 21.1. The number of rotatable bonds is 2. The van der Waals surface area contributed by atoms with Gasteiger partial charge in [0.1, 0.15) is 0 Å². The first-order chi connectivity index (χ1) is 15.9. The molecular weight excluding hydrogens is 388 g/mol. The van der Waals surface area contributed by atoms with Crippen molar-refractivity contribution in [3.63, 3.8) is 0 Å². The van der Waals surface area contributed by atoms with Crippen molar-refractivity contribution < 1.29 is 0 Å². The Morgan fingerprint density at radius 3 is 2.34 bits per heavy atom. The van der Waals surface area contributed by atoms with Crippen LogP contribution in [0, 0.1) is 11.8 Å². The number of allylic oxidation sites excluding steroid dienone is 8. The molecule has 0 aliphatic heterocycles. The Morgan fingerprint density at radius 2 is 1.44 bits per heavy atom. The summed E-state index contributed by atoms with van der Waals surface area (Å²) in [5, 5.41) is 3.83. The van der Waals surface area contributed by atoms with Crippen molar-refractivity contribution in [1.29, 1.82) is 0 Å². The summed E-state index contributed by atoms with van der Waals surface area (Å²) in [7, 11) is 0.